The van der Waals surface area contributed by atoms with E-state index in [4.69, 9.17) is 19.6 Å². The maximum absolute atomic E-state index is 11.1. The van der Waals surface area contributed by atoms with E-state index >= 15 is 0 Å². The van der Waals surface area contributed by atoms with Crippen LogP contribution in [0, 0.1) is 6.92 Å². The zero-order valence-corrected chi connectivity index (χ0v) is 17.8. The number of hydrogen-bond acceptors (Lipinski definition) is 5. The molecule has 2 heterocycles. The second kappa shape index (κ2) is 9.51. The van der Waals surface area contributed by atoms with Crippen molar-refractivity contribution in [3.8, 4) is 21.6 Å². The molecular formula is C24H25NO4S. The third-order valence-corrected chi connectivity index (χ3v) is 6.41. The van der Waals surface area contributed by atoms with Crippen molar-refractivity contribution in [1.82, 2.24) is 4.98 Å². The number of carbonyl (C=O) groups is 1. The van der Waals surface area contributed by atoms with Crippen molar-refractivity contribution < 1.29 is 19.4 Å². The van der Waals surface area contributed by atoms with E-state index in [9.17, 15) is 4.79 Å². The summed E-state index contributed by atoms with van der Waals surface area (Å²) in [5.41, 5.74) is 4.42. The first-order chi connectivity index (χ1) is 14.6. The summed E-state index contributed by atoms with van der Waals surface area (Å²) in [5, 5.41) is 10.1. The van der Waals surface area contributed by atoms with E-state index in [-0.39, 0.29) is 11.7 Å². The van der Waals surface area contributed by atoms with Gasteiger partial charge in [-0.25, -0.2) is 9.78 Å². The molecule has 1 N–H and O–H groups in total. The molecule has 4 rings (SSSR count). The largest absolute Gasteiger partial charge is 0.478 e. The number of benzene rings is 2. The normalized spacial score (nSPS) is 16.5. The third kappa shape index (κ3) is 4.95. The summed E-state index contributed by atoms with van der Waals surface area (Å²) < 4.78 is 11.6. The van der Waals surface area contributed by atoms with Gasteiger partial charge in [0.15, 0.2) is 0 Å². The molecule has 1 aromatic heterocycles. The number of hydrogen-bond donors (Lipinski definition) is 1. The van der Waals surface area contributed by atoms with Crippen LogP contribution in [-0.2, 0) is 16.1 Å². The van der Waals surface area contributed by atoms with Gasteiger partial charge in [-0.2, -0.15) is 0 Å². The van der Waals surface area contributed by atoms with Crippen LogP contribution in [0.15, 0.2) is 48.5 Å². The van der Waals surface area contributed by atoms with E-state index in [0.29, 0.717) is 13.2 Å². The molecule has 6 heteroatoms. The van der Waals surface area contributed by atoms with E-state index in [1.54, 1.807) is 23.5 Å². The highest BCUT2D eigenvalue weighted by atomic mass is 32.1. The first-order valence-corrected chi connectivity index (χ1v) is 11.0. The fraction of sp³-hybridized carbons (Fsp3) is 0.333. The van der Waals surface area contributed by atoms with E-state index in [1.165, 1.54) is 6.42 Å². The lowest BCUT2D eigenvalue weighted by Gasteiger charge is -2.21. The molecule has 1 aliphatic rings. The highest BCUT2D eigenvalue weighted by Crippen LogP contribution is 2.33. The van der Waals surface area contributed by atoms with Crippen molar-refractivity contribution in [3.05, 3.63) is 64.8 Å². The number of thiazole rings is 1. The quantitative estimate of drug-likeness (QED) is 0.538. The maximum atomic E-state index is 11.1. The smallest absolute Gasteiger partial charge is 0.335 e. The van der Waals surface area contributed by atoms with Crippen LogP contribution in [0.2, 0.25) is 0 Å². The van der Waals surface area contributed by atoms with Gasteiger partial charge in [-0.15, -0.1) is 11.3 Å². The average molecular weight is 424 g/mol. The lowest BCUT2D eigenvalue weighted by atomic mass is 10.0. The van der Waals surface area contributed by atoms with Gasteiger partial charge in [0.05, 0.1) is 35.5 Å². The van der Waals surface area contributed by atoms with Crippen LogP contribution >= 0.6 is 11.3 Å². The monoisotopic (exact) mass is 423 g/mol. The molecule has 0 radical (unpaired) electrons. The molecule has 0 saturated carbocycles. The predicted octanol–water partition coefficient (Wildman–Crippen LogP) is 5.57. The van der Waals surface area contributed by atoms with Gasteiger partial charge >= 0.3 is 5.97 Å². The van der Waals surface area contributed by atoms with Crippen molar-refractivity contribution >= 4 is 17.3 Å². The SMILES string of the molecule is Cc1nc(COCC2CCCCO2)sc1-c1cccc(-c2ccc(C(=O)O)cc2)c1. The van der Waals surface area contributed by atoms with Crippen LogP contribution in [0.4, 0.5) is 0 Å². The maximum Gasteiger partial charge on any atom is 0.335 e. The van der Waals surface area contributed by atoms with Gasteiger partial charge in [-0.3, -0.25) is 0 Å². The molecular weight excluding hydrogens is 398 g/mol. The Labute approximate surface area is 180 Å². The number of aryl methyl sites for hydroxylation is 1. The molecule has 1 unspecified atom stereocenters. The van der Waals surface area contributed by atoms with Crippen LogP contribution in [0.1, 0.15) is 40.3 Å². The number of aromatic nitrogens is 1. The minimum atomic E-state index is -0.916. The highest BCUT2D eigenvalue weighted by molar-refractivity contribution is 7.15. The van der Waals surface area contributed by atoms with Crippen LogP contribution in [0.3, 0.4) is 0 Å². The van der Waals surface area contributed by atoms with Gasteiger partial charge in [-0.05, 0) is 61.1 Å². The number of carboxylic acids is 1. The molecule has 2 aromatic carbocycles. The van der Waals surface area contributed by atoms with Crippen molar-refractivity contribution in [2.75, 3.05) is 13.2 Å². The molecule has 0 spiro atoms. The lowest BCUT2D eigenvalue weighted by Crippen LogP contribution is -2.24. The third-order valence-electron chi connectivity index (χ3n) is 5.23. The van der Waals surface area contributed by atoms with Crippen molar-refractivity contribution in [3.63, 3.8) is 0 Å². The molecule has 1 aliphatic heterocycles. The Morgan fingerprint density at radius 2 is 1.97 bits per heavy atom. The number of rotatable bonds is 7. The Bertz CT molecular complexity index is 1010. The summed E-state index contributed by atoms with van der Waals surface area (Å²) in [4.78, 5) is 16.9. The summed E-state index contributed by atoms with van der Waals surface area (Å²) in [6, 6.07) is 15.2. The minimum Gasteiger partial charge on any atom is -0.478 e. The Balaban J connectivity index is 1.46. The van der Waals surface area contributed by atoms with Gasteiger partial charge in [0.2, 0.25) is 0 Å². The molecule has 0 aliphatic carbocycles. The van der Waals surface area contributed by atoms with Crippen LogP contribution in [0.5, 0.6) is 0 Å². The molecule has 30 heavy (non-hydrogen) atoms. The van der Waals surface area contributed by atoms with Crippen molar-refractivity contribution in [1.29, 1.82) is 0 Å². The molecule has 1 fully saturated rings. The Morgan fingerprint density at radius 3 is 2.70 bits per heavy atom. The number of aromatic carboxylic acids is 1. The summed E-state index contributed by atoms with van der Waals surface area (Å²) in [7, 11) is 0. The molecule has 0 amide bonds. The predicted molar refractivity (Wildman–Crippen MR) is 118 cm³/mol. The molecule has 0 bridgehead atoms. The van der Waals surface area contributed by atoms with Crippen LogP contribution in [-0.4, -0.2) is 35.4 Å². The van der Waals surface area contributed by atoms with Gasteiger partial charge < -0.3 is 14.6 Å². The first kappa shape index (κ1) is 20.7. The van der Waals surface area contributed by atoms with Gasteiger partial charge in [0.1, 0.15) is 5.01 Å². The topological polar surface area (TPSA) is 68.7 Å². The molecule has 156 valence electrons. The van der Waals surface area contributed by atoms with Crippen molar-refractivity contribution in [2.45, 2.75) is 38.9 Å². The number of ether oxygens (including phenoxy) is 2. The zero-order chi connectivity index (χ0) is 20.9. The summed E-state index contributed by atoms with van der Waals surface area (Å²) in [6.45, 7) is 3.98. The molecule has 3 aromatic rings. The van der Waals surface area contributed by atoms with E-state index < -0.39 is 5.97 Å². The summed E-state index contributed by atoms with van der Waals surface area (Å²) in [5.74, 6) is -0.916. The fourth-order valence-corrected chi connectivity index (χ4v) is 4.64. The lowest BCUT2D eigenvalue weighted by molar-refractivity contribution is -0.0447. The Morgan fingerprint density at radius 1 is 1.17 bits per heavy atom. The van der Waals surface area contributed by atoms with E-state index in [1.807, 2.05) is 31.2 Å². The zero-order valence-electron chi connectivity index (χ0n) is 17.0. The summed E-state index contributed by atoms with van der Waals surface area (Å²) >= 11 is 1.65. The second-order valence-corrected chi connectivity index (χ2v) is 8.57. The number of carboxylic acid groups (broad SMARTS) is 1. The molecule has 5 nitrogen and oxygen atoms in total. The first-order valence-electron chi connectivity index (χ1n) is 10.2. The van der Waals surface area contributed by atoms with Crippen LogP contribution < -0.4 is 0 Å². The fourth-order valence-electron chi connectivity index (χ4n) is 3.64. The standard InChI is InChI=1S/C24H25NO4S/c1-16-23(30-22(25-16)15-28-14-21-7-2-3-12-29-21)20-6-4-5-19(13-20)17-8-10-18(11-9-17)24(26)27/h4-6,8-11,13,21H,2-3,7,12,14-15H2,1H3,(H,26,27). The van der Waals surface area contributed by atoms with Gasteiger partial charge in [-0.1, -0.05) is 30.3 Å². The summed E-state index contributed by atoms with van der Waals surface area (Å²) in [6.07, 6.45) is 3.64. The highest BCUT2D eigenvalue weighted by Gasteiger charge is 2.15. The van der Waals surface area contributed by atoms with Gasteiger partial charge in [0.25, 0.3) is 0 Å². The molecule has 1 atom stereocenters. The average Bonchev–Trinajstić information content (AvgIpc) is 3.15. The molecule has 1 saturated heterocycles. The Kier molecular flexibility index (Phi) is 6.57. The van der Waals surface area contributed by atoms with E-state index in [0.717, 1.165) is 51.7 Å². The van der Waals surface area contributed by atoms with Gasteiger partial charge in [0, 0.05) is 6.61 Å². The minimum absolute atomic E-state index is 0.212. The van der Waals surface area contributed by atoms with Crippen LogP contribution in [0.25, 0.3) is 21.6 Å². The second-order valence-electron chi connectivity index (χ2n) is 7.49. The number of nitrogens with zero attached hydrogens (tertiary/aromatic N) is 1. The van der Waals surface area contributed by atoms with Crippen molar-refractivity contribution in [2.24, 2.45) is 0 Å². The Hall–Kier alpha value is -2.54. The van der Waals surface area contributed by atoms with E-state index in [2.05, 4.69) is 12.1 Å².